The zero-order chi connectivity index (χ0) is 16.0. The van der Waals surface area contributed by atoms with Gasteiger partial charge in [0, 0.05) is 11.6 Å². The fourth-order valence-electron chi connectivity index (χ4n) is 1.85. The summed E-state index contributed by atoms with van der Waals surface area (Å²) in [5.74, 6) is -0.774. The van der Waals surface area contributed by atoms with Crippen LogP contribution in [0.3, 0.4) is 0 Å². The monoisotopic (exact) mass is 299 g/mol. The molecule has 120 valence electrons. The first kappa shape index (κ1) is 17.4. The Kier molecular flexibility index (Phi) is 6.14. The van der Waals surface area contributed by atoms with Gasteiger partial charge in [0.05, 0.1) is 19.7 Å². The highest BCUT2D eigenvalue weighted by Gasteiger charge is 2.32. The molecule has 0 aliphatic heterocycles. The SMILES string of the molecule is CCOC(=O)CN(CC(=O)NC(=O)NC(C)(C)C)C1CC1. The van der Waals surface area contributed by atoms with Crippen LogP contribution >= 0.6 is 0 Å². The van der Waals surface area contributed by atoms with Gasteiger partial charge in [-0.1, -0.05) is 0 Å². The van der Waals surface area contributed by atoms with Crippen LogP contribution in [0.5, 0.6) is 0 Å². The van der Waals surface area contributed by atoms with Crippen LogP contribution in [0.15, 0.2) is 0 Å². The molecule has 1 fully saturated rings. The first-order valence-corrected chi connectivity index (χ1v) is 7.23. The standard InChI is InChI=1S/C14H25N3O4/c1-5-21-12(19)9-17(10-6-7-10)8-11(18)15-13(20)16-14(2,3)4/h10H,5-9H2,1-4H3,(H2,15,16,18,20). The summed E-state index contributed by atoms with van der Waals surface area (Å²) in [5.41, 5.74) is -0.411. The third-order valence-corrected chi connectivity index (χ3v) is 2.79. The highest BCUT2D eigenvalue weighted by atomic mass is 16.5. The van der Waals surface area contributed by atoms with Crippen molar-refractivity contribution in [3.8, 4) is 0 Å². The van der Waals surface area contributed by atoms with Crippen molar-refractivity contribution in [1.82, 2.24) is 15.5 Å². The van der Waals surface area contributed by atoms with E-state index in [1.807, 2.05) is 20.8 Å². The van der Waals surface area contributed by atoms with Crippen molar-refractivity contribution in [3.63, 3.8) is 0 Å². The Morgan fingerprint density at radius 3 is 2.29 bits per heavy atom. The highest BCUT2D eigenvalue weighted by molar-refractivity contribution is 5.95. The van der Waals surface area contributed by atoms with Crippen molar-refractivity contribution < 1.29 is 19.1 Å². The van der Waals surface area contributed by atoms with E-state index in [-0.39, 0.29) is 25.1 Å². The van der Waals surface area contributed by atoms with E-state index in [9.17, 15) is 14.4 Å². The zero-order valence-corrected chi connectivity index (χ0v) is 13.2. The Bertz CT molecular complexity index is 400. The van der Waals surface area contributed by atoms with Crippen LogP contribution in [0.25, 0.3) is 0 Å². The normalized spacial score (nSPS) is 14.7. The van der Waals surface area contributed by atoms with E-state index in [0.717, 1.165) is 12.8 Å². The molecule has 1 aliphatic rings. The van der Waals surface area contributed by atoms with Crippen molar-refractivity contribution >= 4 is 17.9 Å². The molecular formula is C14H25N3O4. The molecule has 0 heterocycles. The third-order valence-electron chi connectivity index (χ3n) is 2.79. The van der Waals surface area contributed by atoms with Gasteiger partial charge in [-0.05, 0) is 40.5 Å². The molecule has 0 unspecified atom stereocenters. The average Bonchev–Trinajstić information content (AvgIpc) is 3.08. The molecule has 0 aromatic carbocycles. The highest BCUT2D eigenvalue weighted by Crippen LogP contribution is 2.26. The summed E-state index contributed by atoms with van der Waals surface area (Å²) < 4.78 is 4.89. The van der Waals surface area contributed by atoms with Gasteiger partial charge in [-0.3, -0.25) is 19.8 Å². The molecular weight excluding hydrogens is 274 g/mol. The second-order valence-electron chi connectivity index (χ2n) is 6.19. The number of nitrogens with zero attached hydrogens (tertiary/aromatic N) is 1. The third kappa shape index (κ3) is 7.65. The first-order chi connectivity index (χ1) is 9.71. The van der Waals surface area contributed by atoms with Gasteiger partial charge in [-0.15, -0.1) is 0 Å². The molecule has 7 heteroatoms. The van der Waals surface area contributed by atoms with Crippen LogP contribution in [0.2, 0.25) is 0 Å². The number of esters is 1. The Morgan fingerprint density at radius 1 is 1.19 bits per heavy atom. The molecule has 3 amide bonds. The Balaban J connectivity index is 2.42. The maximum absolute atomic E-state index is 11.9. The van der Waals surface area contributed by atoms with Crippen molar-refractivity contribution in [1.29, 1.82) is 0 Å². The predicted octanol–water partition coefficient (Wildman–Crippen LogP) is 0.638. The second-order valence-corrected chi connectivity index (χ2v) is 6.19. The van der Waals surface area contributed by atoms with E-state index >= 15 is 0 Å². The van der Waals surface area contributed by atoms with Crippen LogP contribution in [0.4, 0.5) is 4.79 Å². The predicted molar refractivity (Wildman–Crippen MR) is 77.7 cm³/mol. The summed E-state index contributed by atoms with van der Waals surface area (Å²) in [5, 5.41) is 4.92. The van der Waals surface area contributed by atoms with E-state index in [1.165, 1.54) is 0 Å². The van der Waals surface area contributed by atoms with Crippen LogP contribution in [0.1, 0.15) is 40.5 Å². The fourth-order valence-corrected chi connectivity index (χ4v) is 1.85. The van der Waals surface area contributed by atoms with E-state index < -0.39 is 17.5 Å². The number of hydrogen-bond acceptors (Lipinski definition) is 5. The molecule has 0 atom stereocenters. The van der Waals surface area contributed by atoms with Gasteiger partial charge >= 0.3 is 12.0 Å². The van der Waals surface area contributed by atoms with Crippen LogP contribution in [-0.2, 0) is 14.3 Å². The summed E-state index contributed by atoms with van der Waals surface area (Å²) in [7, 11) is 0. The molecule has 0 spiro atoms. The molecule has 0 bridgehead atoms. The molecule has 1 saturated carbocycles. The van der Waals surface area contributed by atoms with Gasteiger partial charge < -0.3 is 10.1 Å². The van der Waals surface area contributed by atoms with Gasteiger partial charge in [0.25, 0.3) is 0 Å². The van der Waals surface area contributed by atoms with Crippen LogP contribution in [-0.4, -0.2) is 54.1 Å². The Morgan fingerprint density at radius 2 is 1.81 bits per heavy atom. The number of carbonyl (C=O) groups is 3. The number of amides is 3. The number of hydrogen-bond donors (Lipinski definition) is 2. The van der Waals surface area contributed by atoms with Gasteiger partial charge in [0.1, 0.15) is 0 Å². The fraction of sp³-hybridized carbons (Fsp3) is 0.786. The summed E-state index contributed by atoms with van der Waals surface area (Å²) in [6.07, 6.45) is 1.92. The lowest BCUT2D eigenvalue weighted by Gasteiger charge is -2.22. The summed E-state index contributed by atoms with van der Waals surface area (Å²) in [6, 6.07) is -0.301. The van der Waals surface area contributed by atoms with Gasteiger partial charge in [0.15, 0.2) is 0 Å². The van der Waals surface area contributed by atoms with Crippen LogP contribution in [0, 0.1) is 0 Å². The lowest BCUT2D eigenvalue weighted by molar-refractivity contribution is -0.144. The number of nitrogens with one attached hydrogen (secondary N) is 2. The molecule has 2 N–H and O–H groups in total. The maximum Gasteiger partial charge on any atom is 0.321 e. The van der Waals surface area contributed by atoms with E-state index in [1.54, 1.807) is 11.8 Å². The smallest absolute Gasteiger partial charge is 0.321 e. The molecule has 0 aromatic heterocycles. The van der Waals surface area contributed by atoms with Crippen molar-refractivity contribution in [2.45, 2.75) is 52.1 Å². The molecule has 0 saturated heterocycles. The number of rotatable bonds is 6. The summed E-state index contributed by atoms with van der Waals surface area (Å²) >= 11 is 0. The average molecular weight is 299 g/mol. The molecule has 1 rings (SSSR count). The number of imide groups is 1. The van der Waals surface area contributed by atoms with Gasteiger partial charge in [-0.25, -0.2) is 4.79 Å². The topological polar surface area (TPSA) is 87.7 Å². The summed E-state index contributed by atoms with van der Waals surface area (Å²) in [6.45, 7) is 7.63. The van der Waals surface area contributed by atoms with E-state index in [2.05, 4.69) is 10.6 Å². The first-order valence-electron chi connectivity index (χ1n) is 7.23. The minimum atomic E-state index is -0.528. The summed E-state index contributed by atoms with van der Waals surface area (Å²) in [4.78, 5) is 36.7. The van der Waals surface area contributed by atoms with Crippen LogP contribution < -0.4 is 10.6 Å². The molecule has 1 aliphatic carbocycles. The number of carbonyl (C=O) groups excluding carboxylic acids is 3. The Labute approximate surface area is 125 Å². The molecule has 21 heavy (non-hydrogen) atoms. The molecule has 7 nitrogen and oxygen atoms in total. The van der Waals surface area contributed by atoms with Gasteiger partial charge in [-0.2, -0.15) is 0 Å². The second kappa shape index (κ2) is 7.40. The van der Waals surface area contributed by atoms with Crippen molar-refractivity contribution in [3.05, 3.63) is 0 Å². The van der Waals surface area contributed by atoms with Gasteiger partial charge in [0.2, 0.25) is 5.91 Å². The molecule has 0 radical (unpaired) electrons. The lowest BCUT2D eigenvalue weighted by atomic mass is 10.1. The molecule has 0 aromatic rings. The number of urea groups is 1. The minimum Gasteiger partial charge on any atom is -0.465 e. The lowest BCUT2D eigenvalue weighted by Crippen LogP contribution is -2.51. The number of ether oxygens (including phenoxy) is 1. The minimum absolute atomic E-state index is 0.0149. The quantitative estimate of drug-likeness (QED) is 0.703. The van der Waals surface area contributed by atoms with E-state index in [4.69, 9.17) is 4.74 Å². The van der Waals surface area contributed by atoms with Crippen molar-refractivity contribution in [2.24, 2.45) is 0 Å². The largest absolute Gasteiger partial charge is 0.465 e. The van der Waals surface area contributed by atoms with E-state index in [0.29, 0.717) is 6.61 Å². The Hall–Kier alpha value is -1.63. The zero-order valence-electron chi connectivity index (χ0n) is 13.2. The maximum atomic E-state index is 11.9. The van der Waals surface area contributed by atoms with Crippen molar-refractivity contribution in [2.75, 3.05) is 19.7 Å².